The predicted octanol–water partition coefficient (Wildman–Crippen LogP) is 3.44. The van der Waals surface area contributed by atoms with Gasteiger partial charge < -0.3 is 15.2 Å². The maximum atomic E-state index is 12.6. The number of para-hydroxylation sites is 1. The summed E-state index contributed by atoms with van der Waals surface area (Å²) in [5, 5.41) is 3.68. The van der Waals surface area contributed by atoms with E-state index in [-0.39, 0.29) is 18.4 Å². The molecule has 0 atom stereocenters. The number of nitrogens with zero attached hydrogens (tertiary/aromatic N) is 1. The number of anilines is 1. The fourth-order valence-electron chi connectivity index (χ4n) is 2.77. The number of hydrogen-bond donors (Lipinski definition) is 2. The lowest BCUT2D eigenvalue weighted by atomic mass is 10.1. The first-order valence-corrected chi connectivity index (χ1v) is 8.29. The number of aryl methyl sites for hydroxylation is 1. The Hall–Kier alpha value is -3.08. The molecule has 0 bridgehead atoms. The molecular weight excluding hydrogens is 314 g/mol. The summed E-state index contributed by atoms with van der Waals surface area (Å²) in [4.78, 5) is 29.3. The Morgan fingerprint density at radius 3 is 2.52 bits per heavy atom. The first-order valence-electron chi connectivity index (χ1n) is 8.29. The number of aromatic amines is 1. The Morgan fingerprint density at radius 1 is 1.08 bits per heavy atom. The molecule has 0 saturated carbocycles. The van der Waals surface area contributed by atoms with Crippen LogP contribution in [0.5, 0.6) is 0 Å². The number of carbonyl (C=O) groups is 2. The quantitative estimate of drug-likeness (QED) is 0.750. The van der Waals surface area contributed by atoms with E-state index in [4.69, 9.17) is 0 Å². The van der Waals surface area contributed by atoms with E-state index in [1.54, 1.807) is 13.2 Å². The van der Waals surface area contributed by atoms with Crippen molar-refractivity contribution in [2.75, 3.05) is 18.9 Å². The maximum Gasteiger partial charge on any atom is 0.256 e. The molecule has 0 spiro atoms. The summed E-state index contributed by atoms with van der Waals surface area (Å²) in [6.07, 6.45) is 2.64. The van der Waals surface area contributed by atoms with Crippen molar-refractivity contribution in [3.63, 3.8) is 0 Å². The number of fused-ring (bicyclic) bond motifs is 1. The molecule has 5 heteroatoms. The summed E-state index contributed by atoms with van der Waals surface area (Å²) in [7, 11) is 1.63. The SMILES string of the molecule is CCc1ccc(NC(=O)CN(C)C(=O)c2c[nH]c3ccccc23)cc1. The second kappa shape index (κ2) is 7.21. The molecule has 3 aromatic rings. The van der Waals surface area contributed by atoms with Gasteiger partial charge in [0.2, 0.25) is 5.91 Å². The van der Waals surface area contributed by atoms with Crippen molar-refractivity contribution in [1.29, 1.82) is 0 Å². The molecular formula is C20H21N3O2. The predicted molar refractivity (Wildman–Crippen MR) is 99.7 cm³/mol. The smallest absolute Gasteiger partial charge is 0.256 e. The molecule has 0 aliphatic heterocycles. The van der Waals surface area contributed by atoms with Crippen molar-refractivity contribution < 1.29 is 9.59 Å². The van der Waals surface area contributed by atoms with Crippen LogP contribution in [-0.4, -0.2) is 35.3 Å². The average molecular weight is 335 g/mol. The highest BCUT2D eigenvalue weighted by Crippen LogP contribution is 2.19. The van der Waals surface area contributed by atoms with E-state index in [2.05, 4.69) is 17.2 Å². The van der Waals surface area contributed by atoms with Gasteiger partial charge in [-0.1, -0.05) is 37.3 Å². The van der Waals surface area contributed by atoms with E-state index in [0.29, 0.717) is 5.56 Å². The molecule has 25 heavy (non-hydrogen) atoms. The van der Waals surface area contributed by atoms with Crippen molar-refractivity contribution in [2.45, 2.75) is 13.3 Å². The van der Waals surface area contributed by atoms with Gasteiger partial charge in [-0.05, 0) is 30.2 Å². The van der Waals surface area contributed by atoms with Crippen LogP contribution < -0.4 is 5.32 Å². The van der Waals surface area contributed by atoms with Gasteiger partial charge in [-0.3, -0.25) is 9.59 Å². The van der Waals surface area contributed by atoms with E-state index in [1.165, 1.54) is 10.5 Å². The Balaban J connectivity index is 1.65. The minimum absolute atomic E-state index is 0.00608. The summed E-state index contributed by atoms with van der Waals surface area (Å²) in [5.41, 5.74) is 3.41. The van der Waals surface area contributed by atoms with Crippen molar-refractivity contribution >= 4 is 28.4 Å². The fourth-order valence-corrected chi connectivity index (χ4v) is 2.77. The van der Waals surface area contributed by atoms with Crippen LogP contribution >= 0.6 is 0 Å². The third-order valence-corrected chi connectivity index (χ3v) is 4.19. The first kappa shape index (κ1) is 16.8. The van der Waals surface area contributed by atoms with Crippen LogP contribution in [0.25, 0.3) is 10.9 Å². The van der Waals surface area contributed by atoms with Gasteiger partial charge >= 0.3 is 0 Å². The minimum atomic E-state index is -0.222. The lowest BCUT2D eigenvalue weighted by Crippen LogP contribution is -2.34. The number of rotatable bonds is 5. The molecule has 0 aliphatic carbocycles. The Bertz CT molecular complexity index is 897. The number of hydrogen-bond acceptors (Lipinski definition) is 2. The molecule has 2 amide bonds. The van der Waals surface area contributed by atoms with Gasteiger partial charge in [-0.15, -0.1) is 0 Å². The van der Waals surface area contributed by atoms with Crippen molar-refractivity contribution in [3.05, 3.63) is 65.9 Å². The highest BCUT2D eigenvalue weighted by molar-refractivity contribution is 6.08. The monoisotopic (exact) mass is 335 g/mol. The van der Waals surface area contributed by atoms with Crippen LogP contribution in [0, 0.1) is 0 Å². The van der Waals surface area contributed by atoms with Gasteiger partial charge in [0.05, 0.1) is 12.1 Å². The van der Waals surface area contributed by atoms with Crippen LogP contribution in [0.2, 0.25) is 0 Å². The number of nitrogens with one attached hydrogen (secondary N) is 2. The standard InChI is InChI=1S/C20H21N3O2/c1-3-14-8-10-15(11-9-14)22-19(24)13-23(2)20(25)17-12-21-18-7-5-4-6-16(17)18/h4-12,21H,3,13H2,1-2H3,(H,22,24). The topological polar surface area (TPSA) is 65.2 Å². The van der Waals surface area contributed by atoms with E-state index in [1.807, 2.05) is 48.5 Å². The highest BCUT2D eigenvalue weighted by Gasteiger charge is 2.18. The Labute approximate surface area is 146 Å². The fraction of sp³-hybridized carbons (Fsp3) is 0.200. The number of H-pyrrole nitrogens is 1. The zero-order valence-electron chi connectivity index (χ0n) is 14.4. The Morgan fingerprint density at radius 2 is 1.80 bits per heavy atom. The van der Waals surface area contributed by atoms with Crippen molar-refractivity contribution in [3.8, 4) is 0 Å². The van der Waals surface area contributed by atoms with E-state index < -0.39 is 0 Å². The Kier molecular flexibility index (Phi) is 4.84. The number of carbonyl (C=O) groups excluding carboxylic acids is 2. The lowest BCUT2D eigenvalue weighted by molar-refractivity contribution is -0.116. The van der Waals surface area contributed by atoms with Gasteiger partial charge in [0.15, 0.2) is 0 Å². The van der Waals surface area contributed by atoms with Crippen LogP contribution in [0.3, 0.4) is 0 Å². The van der Waals surface area contributed by atoms with Crippen LogP contribution in [0.4, 0.5) is 5.69 Å². The normalized spacial score (nSPS) is 10.6. The molecule has 2 aromatic carbocycles. The van der Waals surface area contributed by atoms with Gasteiger partial charge in [0.1, 0.15) is 0 Å². The molecule has 5 nitrogen and oxygen atoms in total. The van der Waals surface area contributed by atoms with Crippen LogP contribution in [-0.2, 0) is 11.2 Å². The van der Waals surface area contributed by atoms with Crippen LogP contribution in [0.1, 0.15) is 22.8 Å². The minimum Gasteiger partial charge on any atom is -0.360 e. The highest BCUT2D eigenvalue weighted by atomic mass is 16.2. The summed E-state index contributed by atoms with van der Waals surface area (Å²) >= 11 is 0. The van der Waals surface area contributed by atoms with Gasteiger partial charge in [-0.2, -0.15) is 0 Å². The van der Waals surface area contributed by atoms with Gasteiger partial charge in [-0.25, -0.2) is 0 Å². The molecule has 1 aromatic heterocycles. The second-order valence-electron chi connectivity index (χ2n) is 6.01. The average Bonchev–Trinajstić information content (AvgIpc) is 3.05. The molecule has 0 unspecified atom stereocenters. The summed E-state index contributed by atoms with van der Waals surface area (Å²) in [6.45, 7) is 2.08. The molecule has 0 saturated heterocycles. The second-order valence-corrected chi connectivity index (χ2v) is 6.01. The number of likely N-dealkylation sites (N-methyl/N-ethyl adjacent to an activating group) is 1. The third kappa shape index (κ3) is 3.71. The molecule has 0 fully saturated rings. The van der Waals surface area contributed by atoms with Crippen molar-refractivity contribution in [1.82, 2.24) is 9.88 Å². The van der Waals surface area contributed by atoms with E-state index in [9.17, 15) is 9.59 Å². The number of aromatic nitrogens is 1. The molecule has 0 radical (unpaired) electrons. The molecule has 1 heterocycles. The largest absolute Gasteiger partial charge is 0.360 e. The maximum absolute atomic E-state index is 12.6. The van der Waals surface area contributed by atoms with E-state index >= 15 is 0 Å². The molecule has 0 aliphatic rings. The van der Waals surface area contributed by atoms with Crippen LogP contribution in [0.15, 0.2) is 54.7 Å². The summed E-state index contributed by atoms with van der Waals surface area (Å²) in [6, 6.07) is 15.3. The molecule has 128 valence electrons. The zero-order chi connectivity index (χ0) is 17.8. The lowest BCUT2D eigenvalue weighted by Gasteiger charge is -2.16. The van der Waals surface area contributed by atoms with Gasteiger partial charge in [0, 0.05) is 29.8 Å². The van der Waals surface area contributed by atoms with E-state index in [0.717, 1.165) is 23.0 Å². The third-order valence-electron chi connectivity index (χ3n) is 4.19. The zero-order valence-corrected chi connectivity index (χ0v) is 14.4. The summed E-state index contributed by atoms with van der Waals surface area (Å²) in [5.74, 6) is -0.408. The summed E-state index contributed by atoms with van der Waals surface area (Å²) < 4.78 is 0. The molecule has 3 rings (SSSR count). The van der Waals surface area contributed by atoms with Gasteiger partial charge in [0.25, 0.3) is 5.91 Å². The molecule has 2 N–H and O–H groups in total. The first-order chi connectivity index (χ1) is 12.1. The van der Waals surface area contributed by atoms with Crippen molar-refractivity contribution in [2.24, 2.45) is 0 Å². The number of amides is 2. The number of benzene rings is 2.